The normalized spacial score (nSPS) is 14.1. The van der Waals surface area contributed by atoms with Gasteiger partial charge in [-0.1, -0.05) is 62.4 Å². The van der Waals surface area contributed by atoms with Gasteiger partial charge in [0.1, 0.15) is 12.6 Å². The summed E-state index contributed by atoms with van der Waals surface area (Å²) in [6, 6.07) is 15.2. The fourth-order valence-electron chi connectivity index (χ4n) is 4.36. The van der Waals surface area contributed by atoms with Gasteiger partial charge in [0.05, 0.1) is 11.0 Å². The van der Waals surface area contributed by atoms with E-state index >= 15 is 0 Å². The summed E-state index contributed by atoms with van der Waals surface area (Å²) in [5, 5.41) is 15.0. The number of alkyl carbamates (subject to hydrolysis) is 1. The standard InChI is InChI=1S/C28H36N2O5/c1-17(2)15-23(24(31)32)29-25(33)27(3,4)28(5,6)30-26(34)35-16-22-20-13-9-7-11-18(20)19-12-8-10-14-21(19)22/h7-14,17,22-23H,15-16H2,1-6H3,(H,29,33)(H,30,34)(H,31,32)/t23-/m1/s1. The molecule has 7 heteroatoms. The van der Waals surface area contributed by atoms with Crippen molar-refractivity contribution < 1.29 is 24.2 Å². The van der Waals surface area contributed by atoms with Gasteiger partial charge in [-0.05, 0) is 62.3 Å². The maximum Gasteiger partial charge on any atom is 0.407 e. The number of carboxylic acids is 1. The van der Waals surface area contributed by atoms with Gasteiger partial charge < -0.3 is 20.5 Å². The Bertz CT molecular complexity index is 1060. The summed E-state index contributed by atoms with van der Waals surface area (Å²) in [5.74, 6) is -1.49. The predicted molar refractivity (Wildman–Crippen MR) is 135 cm³/mol. The quantitative estimate of drug-likeness (QED) is 0.471. The summed E-state index contributed by atoms with van der Waals surface area (Å²) in [5.41, 5.74) is 2.40. The number of fused-ring (bicyclic) bond motifs is 3. The molecular weight excluding hydrogens is 444 g/mol. The first-order valence-electron chi connectivity index (χ1n) is 12.0. The van der Waals surface area contributed by atoms with Gasteiger partial charge in [0, 0.05) is 5.92 Å². The van der Waals surface area contributed by atoms with E-state index in [1.807, 2.05) is 38.1 Å². The number of carbonyl (C=O) groups is 3. The first kappa shape index (κ1) is 26.3. The molecule has 2 amide bonds. The minimum Gasteiger partial charge on any atom is -0.480 e. The molecule has 2 aromatic carbocycles. The average molecular weight is 481 g/mol. The lowest BCUT2D eigenvalue weighted by atomic mass is 9.73. The molecule has 3 rings (SSSR count). The van der Waals surface area contributed by atoms with Crippen molar-refractivity contribution in [3.63, 3.8) is 0 Å². The first-order valence-corrected chi connectivity index (χ1v) is 12.0. The number of aliphatic carboxylic acids is 1. The maximum atomic E-state index is 13.1. The molecule has 35 heavy (non-hydrogen) atoms. The molecular formula is C28H36N2O5. The minimum atomic E-state index is -1.11. The highest BCUT2D eigenvalue weighted by Crippen LogP contribution is 2.44. The van der Waals surface area contributed by atoms with Crippen LogP contribution in [0.3, 0.4) is 0 Å². The van der Waals surface area contributed by atoms with Crippen LogP contribution in [0.1, 0.15) is 65.0 Å². The second-order valence-electron chi connectivity index (χ2n) is 10.7. The topological polar surface area (TPSA) is 105 Å². The van der Waals surface area contributed by atoms with Gasteiger partial charge in [-0.2, -0.15) is 0 Å². The highest BCUT2D eigenvalue weighted by molar-refractivity contribution is 5.88. The number of hydrogen-bond acceptors (Lipinski definition) is 4. The molecule has 0 saturated carbocycles. The van der Waals surface area contributed by atoms with Crippen molar-refractivity contribution in [1.82, 2.24) is 10.6 Å². The Morgan fingerprint density at radius 2 is 1.46 bits per heavy atom. The van der Waals surface area contributed by atoms with E-state index in [1.165, 1.54) is 0 Å². The van der Waals surface area contributed by atoms with Crippen LogP contribution in [-0.4, -0.2) is 41.3 Å². The van der Waals surface area contributed by atoms with Crippen LogP contribution in [0.5, 0.6) is 0 Å². The fraction of sp³-hybridized carbons (Fsp3) is 0.464. The second-order valence-corrected chi connectivity index (χ2v) is 10.7. The predicted octanol–water partition coefficient (Wildman–Crippen LogP) is 4.95. The number of carbonyl (C=O) groups excluding carboxylic acids is 2. The largest absolute Gasteiger partial charge is 0.480 e. The van der Waals surface area contributed by atoms with E-state index < -0.39 is 35.0 Å². The van der Waals surface area contributed by atoms with E-state index in [2.05, 4.69) is 34.9 Å². The van der Waals surface area contributed by atoms with Gasteiger partial charge >= 0.3 is 12.1 Å². The van der Waals surface area contributed by atoms with Crippen molar-refractivity contribution in [2.45, 2.75) is 65.5 Å². The molecule has 0 aromatic heterocycles. The second kappa shape index (κ2) is 10.1. The SMILES string of the molecule is CC(C)C[C@@H](NC(=O)C(C)(C)C(C)(C)NC(=O)OCC1c2ccccc2-c2ccccc21)C(=O)O. The molecule has 3 N–H and O–H groups in total. The Labute approximate surface area is 207 Å². The molecule has 2 aromatic rings. The van der Waals surface area contributed by atoms with Gasteiger partial charge in [-0.3, -0.25) is 4.79 Å². The third kappa shape index (κ3) is 5.50. The van der Waals surface area contributed by atoms with E-state index in [0.717, 1.165) is 22.3 Å². The van der Waals surface area contributed by atoms with Crippen LogP contribution in [0.15, 0.2) is 48.5 Å². The molecule has 0 bridgehead atoms. The average Bonchev–Trinajstić information content (AvgIpc) is 3.10. The molecule has 0 radical (unpaired) electrons. The number of nitrogens with one attached hydrogen (secondary N) is 2. The van der Waals surface area contributed by atoms with E-state index in [4.69, 9.17) is 4.74 Å². The number of rotatable bonds is 9. The molecule has 0 spiro atoms. The Balaban J connectivity index is 1.67. The molecule has 1 aliphatic carbocycles. The van der Waals surface area contributed by atoms with Crippen molar-refractivity contribution in [2.75, 3.05) is 6.61 Å². The number of ether oxygens (including phenoxy) is 1. The van der Waals surface area contributed by atoms with Gasteiger partial charge in [0.2, 0.25) is 5.91 Å². The maximum absolute atomic E-state index is 13.1. The lowest BCUT2D eigenvalue weighted by Crippen LogP contribution is -2.61. The lowest BCUT2D eigenvalue weighted by molar-refractivity contribution is -0.145. The van der Waals surface area contributed by atoms with Crippen molar-refractivity contribution in [1.29, 1.82) is 0 Å². The Kier molecular flexibility index (Phi) is 7.58. The van der Waals surface area contributed by atoms with Gasteiger partial charge in [-0.25, -0.2) is 9.59 Å². The number of carboxylic acid groups (broad SMARTS) is 1. The Morgan fingerprint density at radius 1 is 0.943 bits per heavy atom. The van der Waals surface area contributed by atoms with E-state index in [9.17, 15) is 19.5 Å². The Morgan fingerprint density at radius 3 is 1.94 bits per heavy atom. The molecule has 1 atom stereocenters. The molecule has 0 fully saturated rings. The van der Waals surface area contributed by atoms with Crippen LogP contribution in [0.2, 0.25) is 0 Å². The molecule has 188 valence electrons. The van der Waals surface area contributed by atoms with Crippen molar-refractivity contribution in [3.8, 4) is 11.1 Å². The first-order chi connectivity index (χ1) is 16.3. The summed E-state index contributed by atoms with van der Waals surface area (Å²) in [4.78, 5) is 37.5. The van der Waals surface area contributed by atoms with Crippen molar-refractivity contribution >= 4 is 18.0 Å². The molecule has 1 aliphatic rings. The summed E-state index contributed by atoms with van der Waals surface area (Å²) in [6.45, 7) is 10.8. The number of amides is 2. The minimum absolute atomic E-state index is 0.0695. The summed E-state index contributed by atoms with van der Waals surface area (Å²) < 4.78 is 5.65. The third-order valence-corrected chi connectivity index (χ3v) is 7.20. The summed E-state index contributed by atoms with van der Waals surface area (Å²) in [7, 11) is 0. The molecule has 7 nitrogen and oxygen atoms in total. The number of benzene rings is 2. The van der Waals surface area contributed by atoms with Crippen LogP contribution in [0.25, 0.3) is 11.1 Å². The van der Waals surface area contributed by atoms with Crippen LogP contribution < -0.4 is 10.6 Å². The lowest BCUT2D eigenvalue weighted by Gasteiger charge is -2.41. The molecule has 0 aliphatic heterocycles. The highest BCUT2D eigenvalue weighted by atomic mass is 16.5. The van der Waals surface area contributed by atoms with Gasteiger partial charge in [-0.15, -0.1) is 0 Å². The zero-order valence-electron chi connectivity index (χ0n) is 21.3. The molecule has 0 heterocycles. The Hall–Kier alpha value is -3.35. The third-order valence-electron chi connectivity index (χ3n) is 7.20. The zero-order valence-corrected chi connectivity index (χ0v) is 21.3. The summed E-state index contributed by atoms with van der Waals surface area (Å²) >= 11 is 0. The van der Waals surface area contributed by atoms with Crippen LogP contribution in [0, 0.1) is 11.3 Å². The van der Waals surface area contributed by atoms with E-state index in [0.29, 0.717) is 6.42 Å². The molecule has 0 unspecified atom stereocenters. The van der Waals surface area contributed by atoms with Crippen molar-refractivity contribution in [2.24, 2.45) is 11.3 Å². The highest BCUT2D eigenvalue weighted by Gasteiger charge is 2.45. The zero-order chi connectivity index (χ0) is 26.0. The smallest absolute Gasteiger partial charge is 0.407 e. The number of hydrogen-bond donors (Lipinski definition) is 3. The fourth-order valence-corrected chi connectivity index (χ4v) is 4.36. The monoisotopic (exact) mass is 480 g/mol. The van der Waals surface area contributed by atoms with Crippen LogP contribution >= 0.6 is 0 Å². The van der Waals surface area contributed by atoms with Crippen LogP contribution in [-0.2, 0) is 14.3 Å². The van der Waals surface area contributed by atoms with E-state index in [1.54, 1.807) is 27.7 Å². The van der Waals surface area contributed by atoms with E-state index in [-0.39, 0.29) is 18.4 Å². The molecule has 0 saturated heterocycles. The van der Waals surface area contributed by atoms with Gasteiger partial charge in [0.25, 0.3) is 0 Å². The summed E-state index contributed by atoms with van der Waals surface area (Å²) in [6.07, 6.45) is -0.313. The van der Waals surface area contributed by atoms with Gasteiger partial charge in [0.15, 0.2) is 0 Å². The van der Waals surface area contributed by atoms with Crippen molar-refractivity contribution in [3.05, 3.63) is 59.7 Å². The van der Waals surface area contributed by atoms with Crippen LogP contribution in [0.4, 0.5) is 4.79 Å².